The van der Waals surface area contributed by atoms with Crippen LogP contribution in [0.5, 0.6) is 5.75 Å². The molecule has 0 aromatic heterocycles. The van der Waals surface area contributed by atoms with Gasteiger partial charge in [0.25, 0.3) is 0 Å². The molecule has 0 radical (unpaired) electrons. The predicted molar refractivity (Wildman–Crippen MR) is 97.6 cm³/mol. The number of aryl methyl sites for hydroxylation is 2. The Morgan fingerprint density at radius 2 is 1.96 bits per heavy atom. The quantitative estimate of drug-likeness (QED) is 0.704. The molecule has 4 nitrogen and oxygen atoms in total. The highest BCUT2D eigenvalue weighted by atomic mass is 79.9. The highest BCUT2D eigenvalue weighted by molar-refractivity contribution is 9.10. The molecule has 6 heteroatoms. The van der Waals surface area contributed by atoms with Gasteiger partial charge in [0.2, 0.25) is 0 Å². The van der Waals surface area contributed by atoms with Crippen LogP contribution in [0.1, 0.15) is 11.1 Å². The number of nitrogens with one attached hydrogen (secondary N) is 2. The molecule has 2 aromatic rings. The first kappa shape index (κ1) is 17.6. The summed E-state index contributed by atoms with van der Waals surface area (Å²) in [5.74, 6) is 0.764. The Morgan fingerprint density at radius 3 is 2.65 bits per heavy atom. The van der Waals surface area contributed by atoms with Gasteiger partial charge in [-0.25, -0.2) is 4.79 Å². The highest BCUT2D eigenvalue weighted by Gasteiger charge is 2.05. The Kier molecular flexibility index (Phi) is 6.30. The van der Waals surface area contributed by atoms with Gasteiger partial charge >= 0.3 is 6.03 Å². The van der Waals surface area contributed by atoms with Crippen LogP contribution in [0.2, 0.25) is 5.02 Å². The number of hydrogen-bond donors (Lipinski definition) is 2. The number of amides is 2. The summed E-state index contributed by atoms with van der Waals surface area (Å²) in [6.45, 7) is 4.66. The average Bonchev–Trinajstić information content (AvgIpc) is 2.48. The second kappa shape index (κ2) is 8.22. The van der Waals surface area contributed by atoms with Crippen molar-refractivity contribution in [3.05, 3.63) is 57.0 Å². The molecule has 23 heavy (non-hydrogen) atoms. The molecule has 0 aliphatic heterocycles. The van der Waals surface area contributed by atoms with E-state index in [1.807, 2.05) is 44.2 Å². The van der Waals surface area contributed by atoms with Crippen LogP contribution in [0.15, 0.2) is 40.9 Å². The summed E-state index contributed by atoms with van der Waals surface area (Å²) in [6.07, 6.45) is 0. The van der Waals surface area contributed by atoms with Crippen molar-refractivity contribution < 1.29 is 9.53 Å². The fourth-order valence-corrected chi connectivity index (χ4v) is 2.74. The number of halogens is 2. The van der Waals surface area contributed by atoms with Crippen molar-refractivity contribution in [3.63, 3.8) is 0 Å². The van der Waals surface area contributed by atoms with Crippen LogP contribution in [0.25, 0.3) is 0 Å². The van der Waals surface area contributed by atoms with E-state index in [0.717, 1.165) is 27.0 Å². The van der Waals surface area contributed by atoms with Gasteiger partial charge in [0, 0.05) is 15.2 Å². The third-order valence-corrected chi connectivity index (χ3v) is 3.95. The molecule has 0 aliphatic rings. The van der Waals surface area contributed by atoms with Gasteiger partial charge in [-0.15, -0.1) is 0 Å². The number of benzene rings is 2. The summed E-state index contributed by atoms with van der Waals surface area (Å²) in [7, 11) is 0. The molecule has 2 N–H and O–H groups in total. The van der Waals surface area contributed by atoms with Gasteiger partial charge in [-0.2, -0.15) is 0 Å². The first-order valence-corrected chi connectivity index (χ1v) is 8.33. The molecular weight excluding hydrogens is 380 g/mol. The van der Waals surface area contributed by atoms with Crippen LogP contribution in [0.3, 0.4) is 0 Å². The van der Waals surface area contributed by atoms with Crippen molar-refractivity contribution in [2.75, 3.05) is 18.5 Å². The maximum Gasteiger partial charge on any atom is 0.319 e. The van der Waals surface area contributed by atoms with E-state index in [0.29, 0.717) is 18.2 Å². The minimum Gasteiger partial charge on any atom is -0.491 e. The molecular formula is C17H18BrClN2O2. The summed E-state index contributed by atoms with van der Waals surface area (Å²) in [4.78, 5) is 11.9. The highest BCUT2D eigenvalue weighted by Crippen LogP contribution is 2.21. The SMILES string of the molecule is Cc1cc(Br)ccc1NC(=O)NCCOc1ccc(Cl)cc1C. The molecule has 0 aliphatic carbocycles. The number of carbonyl (C=O) groups is 1. The zero-order chi connectivity index (χ0) is 16.8. The molecule has 0 saturated heterocycles. The maximum atomic E-state index is 11.9. The van der Waals surface area contributed by atoms with Crippen LogP contribution in [-0.2, 0) is 0 Å². The third kappa shape index (κ3) is 5.44. The lowest BCUT2D eigenvalue weighted by molar-refractivity contribution is 0.247. The molecule has 2 rings (SSSR count). The number of urea groups is 1. The van der Waals surface area contributed by atoms with Gasteiger partial charge in [0.15, 0.2) is 0 Å². The van der Waals surface area contributed by atoms with Gasteiger partial charge in [-0.05, 0) is 61.4 Å². The minimum absolute atomic E-state index is 0.258. The second-order valence-electron chi connectivity index (χ2n) is 5.10. The van der Waals surface area contributed by atoms with Crippen molar-refractivity contribution in [1.29, 1.82) is 0 Å². The fraction of sp³-hybridized carbons (Fsp3) is 0.235. The first-order chi connectivity index (χ1) is 11.0. The zero-order valence-corrected chi connectivity index (χ0v) is 15.3. The zero-order valence-electron chi connectivity index (χ0n) is 13.0. The lowest BCUT2D eigenvalue weighted by atomic mass is 10.2. The molecule has 0 unspecified atom stereocenters. The van der Waals surface area contributed by atoms with Crippen molar-refractivity contribution in [1.82, 2.24) is 5.32 Å². The Hall–Kier alpha value is -1.72. The molecule has 122 valence electrons. The average molecular weight is 398 g/mol. The minimum atomic E-state index is -0.258. The molecule has 0 saturated carbocycles. The lowest BCUT2D eigenvalue weighted by Gasteiger charge is -2.12. The number of ether oxygens (including phenoxy) is 1. The summed E-state index contributed by atoms with van der Waals surface area (Å²) in [5.41, 5.74) is 2.73. The number of anilines is 1. The van der Waals surface area contributed by atoms with E-state index >= 15 is 0 Å². The molecule has 2 amide bonds. The fourth-order valence-electron chi connectivity index (χ4n) is 2.03. The molecule has 0 spiro atoms. The predicted octanol–water partition coefficient (Wildman–Crippen LogP) is 4.92. The normalized spacial score (nSPS) is 10.3. The van der Waals surface area contributed by atoms with Crippen molar-refractivity contribution >= 4 is 39.2 Å². The van der Waals surface area contributed by atoms with Crippen LogP contribution < -0.4 is 15.4 Å². The molecule has 0 fully saturated rings. The summed E-state index contributed by atoms with van der Waals surface area (Å²) < 4.78 is 6.60. The smallest absolute Gasteiger partial charge is 0.319 e. The van der Waals surface area contributed by atoms with Crippen molar-refractivity contribution in [2.45, 2.75) is 13.8 Å². The largest absolute Gasteiger partial charge is 0.491 e. The monoisotopic (exact) mass is 396 g/mol. The van der Waals surface area contributed by atoms with Crippen molar-refractivity contribution in [3.8, 4) is 5.75 Å². The lowest BCUT2D eigenvalue weighted by Crippen LogP contribution is -2.32. The maximum absolute atomic E-state index is 11.9. The molecule has 2 aromatic carbocycles. The second-order valence-corrected chi connectivity index (χ2v) is 6.45. The van der Waals surface area contributed by atoms with Crippen molar-refractivity contribution in [2.24, 2.45) is 0 Å². The summed E-state index contributed by atoms with van der Waals surface area (Å²) in [6, 6.07) is 10.9. The number of rotatable bonds is 5. The van der Waals surface area contributed by atoms with Gasteiger partial charge in [0.05, 0.1) is 6.54 Å². The third-order valence-electron chi connectivity index (χ3n) is 3.22. The van der Waals surface area contributed by atoms with E-state index in [1.165, 1.54) is 0 Å². The summed E-state index contributed by atoms with van der Waals surface area (Å²) in [5, 5.41) is 6.25. The van der Waals surface area contributed by atoms with E-state index in [2.05, 4.69) is 26.6 Å². The van der Waals surface area contributed by atoms with Gasteiger partial charge in [-0.1, -0.05) is 27.5 Å². The van der Waals surface area contributed by atoms with Gasteiger partial charge in [0.1, 0.15) is 12.4 Å². The Labute approximate surface area is 149 Å². The van der Waals surface area contributed by atoms with Crippen LogP contribution in [0, 0.1) is 13.8 Å². The summed E-state index contributed by atoms with van der Waals surface area (Å²) >= 11 is 9.29. The number of carbonyl (C=O) groups excluding carboxylic acids is 1. The van der Waals surface area contributed by atoms with E-state index in [9.17, 15) is 4.79 Å². The number of hydrogen-bond acceptors (Lipinski definition) is 2. The topological polar surface area (TPSA) is 50.4 Å². The van der Waals surface area contributed by atoms with E-state index in [1.54, 1.807) is 6.07 Å². The van der Waals surface area contributed by atoms with Crippen LogP contribution >= 0.6 is 27.5 Å². The Balaban J connectivity index is 1.76. The Morgan fingerprint density at radius 1 is 1.17 bits per heavy atom. The molecule has 0 heterocycles. The van der Waals surface area contributed by atoms with Crippen LogP contribution in [0.4, 0.5) is 10.5 Å². The first-order valence-electron chi connectivity index (χ1n) is 7.15. The van der Waals surface area contributed by atoms with Gasteiger partial charge in [-0.3, -0.25) is 0 Å². The molecule has 0 bridgehead atoms. The van der Waals surface area contributed by atoms with Crippen LogP contribution in [-0.4, -0.2) is 19.2 Å². The van der Waals surface area contributed by atoms with E-state index < -0.39 is 0 Å². The Bertz CT molecular complexity index is 707. The van der Waals surface area contributed by atoms with Gasteiger partial charge < -0.3 is 15.4 Å². The van der Waals surface area contributed by atoms with E-state index in [4.69, 9.17) is 16.3 Å². The standard InChI is InChI=1S/C17H18BrClN2O2/c1-11-9-13(18)3-5-15(11)21-17(22)20-7-8-23-16-6-4-14(19)10-12(16)2/h3-6,9-10H,7-8H2,1-2H3,(H2,20,21,22). The molecule has 0 atom stereocenters. The van der Waals surface area contributed by atoms with E-state index in [-0.39, 0.29) is 6.03 Å².